The Kier molecular flexibility index (Phi) is 5.46. The van der Waals surface area contributed by atoms with Crippen molar-refractivity contribution >= 4 is 27.4 Å². The highest BCUT2D eigenvalue weighted by Gasteiger charge is 2.31. The minimum Gasteiger partial charge on any atom is -0.495 e. The fourth-order valence-electron chi connectivity index (χ4n) is 2.36. The van der Waals surface area contributed by atoms with E-state index in [2.05, 4.69) is 0 Å². The number of carboxylic acid groups (broad SMARTS) is 1. The van der Waals surface area contributed by atoms with Gasteiger partial charge in [-0.05, 0) is 24.6 Å². The van der Waals surface area contributed by atoms with E-state index < -0.39 is 33.1 Å². The van der Waals surface area contributed by atoms with Crippen LogP contribution in [0.4, 0.5) is 11.4 Å². The maximum absolute atomic E-state index is 13.1. The van der Waals surface area contributed by atoms with Crippen LogP contribution in [0.25, 0.3) is 0 Å². The lowest BCUT2D eigenvalue weighted by molar-refractivity contribution is -0.385. The number of rotatable bonds is 7. The fourth-order valence-corrected chi connectivity index (χ4v) is 4.03. The van der Waals surface area contributed by atoms with Crippen molar-refractivity contribution in [3.63, 3.8) is 0 Å². The van der Waals surface area contributed by atoms with Gasteiger partial charge in [0.2, 0.25) is 0 Å². The number of non-ortho nitro benzene ring substituents is 1. The van der Waals surface area contributed by atoms with Gasteiger partial charge in [0, 0.05) is 12.1 Å². The molecule has 2 rings (SSSR count). The Morgan fingerprint density at radius 2 is 1.92 bits per heavy atom. The Hall–Kier alpha value is -3.14. The van der Waals surface area contributed by atoms with Gasteiger partial charge >= 0.3 is 5.97 Å². The molecular formula is C16H16N2O7S. The molecule has 0 spiro atoms. The lowest BCUT2D eigenvalue weighted by atomic mass is 10.2. The fraction of sp³-hybridized carbons (Fsp3) is 0.188. The molecule has 0 aromatic heterocycles. The quantitative estimate of drug-likeness (QED) is 0.576. The molecule has 0 saturated heterocycles. The van der Waals surface area contributed by atoms with Crippen LogP contribution in [0.3, 0.4) is 0 Å². The summed E-state index contributed by atoms with van der Waals surface area (Å²) in [7, 11) is -3.08. The maximum Gasteiger partial charge on any atom is 0.324 e. The predicted molar refractivity (Wildman–Crippen MR) is 93.0 cm³/mol. The van der Waals surface area contributed by atoms with Crippen molar-refractivity contribution in [2.24, 2.45) is 0 Å². The number of methoxy groups -OCH3 is 1. The van der Waals surface area contributed by atoms with Gasteiger partial charge in [0.15, 0.2) is 0 Å². The van der Waals surface area contributed by atoms with E-state index in [4.69, 9.17) is 4.74 Å². The normalized spacial score (nSPS) is 11.0. The summed E-state index contributed by atoms with van der Waals surface area (Å²) in [6.07, 6.45) is 0. The minimum atomic E-state index is -4.40. The van der Waals surface area contributed by atoms with Crippen LogP contribution in [0.5, 0.6) is 5.75 Å². The molecule has 0 atom stereocenters. The van der Waals surface area contributed by atoms with Crippen LogP contribution in [0.15, 0.2) is 47.4 Å². The second kappa shape index (κ2) is 7.40. The van der Waals surface area contributed by atoms with E-state index in [9.17, 15) is 28.4 Å². The van der Waals surface area contributed by atoms with Crippen molar-refractivity contribution in [3.8, 4) is 5.75 Å². The Morgan fingerprint density at radius 1 is 1.27 bits per heavy atom. The van der Waals surface area contributed by atoms with Crippen LogP contribution in [-0.2, 0) is 14.8 Å². The number of benzene rings is 2. The van der Waals surface area contributed by atoms with Gasteiger partial charge in [-0.25, -0.2) is 8.42 Å². The number of ether oxygens (including phenoxy) is 1. The van der Waals surface area contributed by atoms with Gasteiger partial charge in [-0.15, -0.1) is 0 Å². The van der Waals surface area contributed by atoms with E-state index in [0.717, 1.165) is 6.07 Å². The van der Waals surface area contributed by atoms with Crippen molar-refractivity contribution in [2.45, 2.75) is 11.8 Å². The van der Waals surface area contributed by atoms with Gasteiger partial charge in [-0.3, -0.25) is 19.2 Å². The number of sulfonamides is 1. The molecule has 138 valence electrons. The molecule has 0 fully saturated rings. The molecule has 26 heavy (non-hydrogen) atoms. The molecule has 9 nitrogen and oxygen atoms in total. The van der Waals surface area contributed by atoms with Crippen LogP contribution in [-0.4, -0.2) is 38.1 Å². The average molecular weight is 380 g/mol. The third kappa shape index (κ3) is 3.75. The topological polar surface area (TPSA) is 127 Å². The zero-order chi connectivity index (χ0) is 19.5. The molecule has 0 amide bonds. The van der Waals surface area contributed by atoms with Crippen LogP contribution >= 0.6 is 0 Å². The number of anilines is 1. The van der Waals surface area contributed by atoms with Gasteiger partial charge in [0.25, 0.3) is 15.7 Å². The first-order chi connectivity index (χ1) is 12.2. The monoisotopic (exact) mass is 380 g/mol. The zero-order valence-corrected chi connectivity index (χ0v) is 14.8. The Bertz CT molecular complexity index is 957. The van der Waals surface area contributed by atoms with Crippen LogP contribution < -0.4 is 9.04 Å². The van der Waals surface area contributed by atoms with Gasteiger partial charge in [-0.2, -0.15) is 0 Å². The van der Waals surface area contributed by atoms with Crippen LogP contribution in [0.2, 0.25) is 0 Å². The van der Waals surface area contributed by atoms with E-state index in [0.29, 0.717) is 4.31 Å². The summed E-state index contributed by atoms with van der Waals surface area (Å²) >= 11 is 0. The number of aliphatic carboxylic acids is 1. The van der Waals surface area contributed by atoms with Crippen LogP contribution in [0.1, 0.15) is 5.56 Å². The Morgan fingerprint density at radius 3 is 2.50 bits per heavy atom. The molecule has 1 N–H and O–H groups in total. The molecule has 0 aliphatic carbocycles. The zero-order valence-electron chi connectivity index (χ0n) is 13.9. The van der Waals surface area contributed by atoms with Crippen molar-refractivity contribution in [3.05, 3.63) is 58.1 Å². The lowest BCUT2D eigenvalue weighted by Crippen LogP contribution is -2.36. The van der Waals surface area contributed by atoms with Crippen molar-refractivity contribution in [1.29, 1.82) is 0 Å². The maximum atomic E-state index is 13.1. The highest BCUT2D eigenvalue weighted by molar-refractivity contribution is 7.93. The first-order valence-electron chi connectivity index (χ1n) is 7.31. The number of hydrogen-bond donors (Lipinski definition) is 1. The molecule has 0 radical (unpaired) electrons. The summed E-state index contributed by atoms with van der Waals surface area (Å²) in [4.78, 5) is 21.2. The molecule has 2 aromatic rings. The number of aryl methyl sites for hydroxylation is 1. The number of carbonyl (C=O) groups is 1. The number of para-hydroxylation sites is 2. The van der Waals surface area contributed by atoms with Crippen molar-refractivity contribution < 1.29 is 28.0 Å². The van der Waals surface area contributed by atoms with E-state index in [1.807, 2.05) is 0 Å². The molecule has 0 unspecified atom stereocenters. The molecule has 0 heterocycles. The Balaban J connectivity index is 2.70. The molecule has 2 aromatic carbocycles. The van der Waals surface area contributed by atoms with Gasteiger partial charge in [0.05, 0.1) is 22.6 Å². The molecule has 0 bridgehead atoms. The summed E-state index contributed by atoms with van der Waals surface area (Å²) in [5.74, 6) is -1.23. The summed E-state index contributed by atoms with van der Waals surface area (Å²) in [6.45, 7) is 0.600. The predicted octanol–water partition coefficient (Wildman–Crippen LogP) is 2.19. The summed E-state index contributed by atoms with van der Waals surface area (Å²) in [5, 5.41) is 20.2. The number of carboxylic acids is 1. The van der Waals surface area contributed by atoms with E-state index >= 15 is 0 Å². The standard InChI is InChI=1S/C16H16N2O7S/c1-11-7-8-12(18(21)22)9-15(11)26(23,24)17(10-16(19)20)13-5-3-4-6-14(13)25-2/h3-9H,10H2,1-2H3,(H,19,20). The molecule has 10 heteroatoms. The lowest BCUT2D eigenvalue weighted by Gasteiger charge is -2.25. The highest BCUT2D eigenvalue weighted by Crippen LogP contribution is 2.33. The van der Waals surface area contributed by atoms with E-state index in [-0.39, 0.29) is 21.9 Å². The SMILES string of the molecule is COc1ccccc1N(CC(=O)O)S(=O)(=O)c1cc([N+](=O)[O-])ccc1C. The van der Waals surface area contributed by atoms with Crippen molar-refractivity contribution in [2.75, 3.05) is 18.0 Å². The first kappa shape index (κ1) is 19.2. The van der Waals surface area contributed by atoms with Gasteiger partial charge < -0.3 is 9.84 Å². The van der Waals surface area contributed by atoms with Crippen LogP contribution in [0, 0.1) is 17.0 Å². The van der Waals surface area contributed by atoms with Crippen molar-refractivity contribution in [1.82, 2.24) is 0 Å². The second-order valence-corrected chi connectivity index (χ2v) is 7.11. The minimum absolute atomic E-state index is 0.0170. The summed E-state index contributed by atoms with van der Waals surface area (Å²) in [6, 6.07) is 9.40. The Labute approximate surface area is 149 Å². The molecular weight excluding hydrogens is 364 g/mol. The van der Waals surface area contributed by atoms with Gasteiger partial charge in [-0.1, -0.05) is 18.2 Å². The third-order valence-corrected chi connectivity index (χ3v) is 5.49. The number of nitrogens with zero attached hydrogens (tertiary/aromatic N) is 2. The molecule has 0 aliphatic rings. The number of nitro benzene ring substituents is 1. The highest BCUT2D eigenvalue weighted by atomic mass is 32.2. The third-order valence-electron chi connectivity index (χ3n) is 3.58. The second-order valence-electron chi connectivity index (χ2n) is 5.28. The van der Waals surface area contributed by atoms with E-state index in [1.54, 1.807) is 6.07 Å². The van der Waals surface area contributed by atoms with Gasteiger partial charge in [0.1, 0.15) is 12.3 Å². The van der Waals surface area contributed by atoms with E-state index in [1.165, 1.54) is 44.4 Å². The molecule has 0 saturated carbocycles. The molecule has 0 aliphatic heterocycles. The number of hydrogen-bond acceptors (Lipinski definition) is 6. The first-order valence-corrected chi connectivity index (χ1v) is 8.75. The average Bonchev–Trinajstić information content (AvgIpc) is 2.59. The largest absolute Gasteiger partial charge is 0.495 e. The number of nitro groups is 1. The smallest absolute Gasteiger partial charge is 0.324 e. The summed E-state index contributed by atoms with van der Waals surface area (Å²) in [5.41, 5.74) is -0.145. The summed E-state index contributed by atoms with van der Waals surface area (Å²) < 4.78 is 32.0.